The van der Waals surface area contributed by atoms with Crippen molar-refractivity contribution in [3.63, 3.8) is 0 Å². The molecule has 1 unspecified atom stereocenters. The fourth-order valence-electron chi connectivity index (χ4n) is 1.94. The zero-order valence-corrected chi connectivity index (χ0v) is 12.3. The number of aryl methyl sites for hydroxylation is 2. The van der Waals surface area contributed by atoms with Crippen LogP contribution in [0.3, 0.4) is 0 Å². The average Bonchev–Trinajstić information content (AvgIpc) is 2.46. The number of nitrogens with one attached hydrogen (secondary N) is 1. The third-order valence-corrected chi connectivity index (χ3v) is 3.14. The molecule has 2 rings (SSSR count). The van der Waals surface area contributed by atoms with Crippen LogP contribution in [0.25, 0.3) is 0 Å². The van der Waals surface area contributed by atoms with Crippen molar-refractivity contribution in [1.29, 1.82) is 0 Å². The van der Waals surface area contributed by atoms with Crippen molar-refractivity contribution in [1.82, 2.24) is 0 Å². The summed E-state index contributed by atoms with van der Waals surface area (Å²) < 4.78 is 18.6. The van der Waals surface area contributed by atoms with E-state index in [1.54, 1.807) is 12.1 Å². The maximum atomic E-state index is 13.0. The Morgan fingerprint density at radius 1 is 1.19 bits per heavy atom. The summed E-state index contributed by atoms with van der Waals surface area (Å²) in [7, 11) is 0. The first-order valence-corrected chi connectivity index (χ1v) is 6.92. The van der Waals surface area contributed by atoms with Gasteiger partial charge < -0.3 is 15.2 Å². The van der Waals surface area contributed by atoms with Gasteiger partial charge in [0.15, 0.2) is 0 Å². The second kappa shape index (κ2) is 7.09. The van der Waals surface area contributed by atoms with Crippen LogP contribution < -0.4 is 10.1 Å². The lowest BCUT2D eigenvalue weighted by Gasteiger charge is -2.15. The summed E-state index contributed by atoms with van der Waals surface area (Å²) in [5, 5.41) is 12.9. The van der Waals surface area contributed by atoms with Crippen LogP contribution in [-0.2, 0) is 0 Å². The zero-order valence-electron chi connectivity index (χ0n) is 12.3. The Balaban J connectivity index is 1.82. The maximum absolute atomic E-state index is 13.0. The summed E-state index contributed by atoms with van der Waals surface area (Å²) in [6.45, 7) is 4.45. The Morgan fingerprint density at radius 3 is 2.76 bits per heavy atom. The highest BCUT2D eigenvalue weighted by atomic mass is 19.1. The summed E-state index contributed by atoms with van der Waals surface area (Å²) in [6, 6.07) is 12.1. The van der Waals surface area contributed by atoms with E-state index in [9.17, 15) is 9.50 Å². The van der Waals surface area contributed by atoms with Gasteiger partial charge in [0.25, 0.3) is 0 Å². The highest BCUT2D eigenvalue weighted by Gasteiger charge is 2.07. The Hall–Kier alpha value is -2.07. The third-order valence-electron chi connectivity index (χ3n) is 3.14. The molecule has 3 nitrogen and oxygen atoms in total. The number of anilines is 1. The van der Waals surface area contributed by atoms with E-state index in [0.29, 0.717) is 12.2 Å². The molecule has 4 heteroatoms. The minimum Gasteiger partial charge on any atom is -0.491 e. The van der Waals surface area contributed by atoms with Crippen molar-refractivity contribution in [2.75, 3.05) is 18.5 Å². The van der Waals surface area contributed by atoms with Crippen LogP contribution in [0.5, 0.6) is 5.75 Å². The number of hydrogen-bond donors (Lipinski definition) is 2. The molecule has 0 aromatic heterocycles. The first-order valence-electron chi connectivity index (χ1n) is 6.92. The van der Waals surface area contributed by atoms with Crippen LogP contribution in [0.15, 0.2) is 42.5 Å². The van der Waals surface area contributed by atoms with Crippen molar-refractivity contribution in [2.45, 2.75) is 20.0 Å². The summed E-state index contributed by atoms with van der Waals surface area (Å²) in [5.41, 5.74) is 2.79. The third kappa shape index (κ3) is 4.76. The van der Waals surface area contributed by atoms with Crippen molar-refractivity contribution < 1.29 is 14.2 Å². The molecular weight excluding hydrogens is 269 g/mol. The number of hydrogen-bond acceptors (Lipinski definition) is 3. The van der Waals surface area contributed by atoms with Gasteiger partial charge in [-0.1, -0.05) is 18.2 Å². The number of ether oxygens (including phenoxy) is 1. The molecule has 21 heavy (non-hydrogen) atoms. The van der Waals surface area contributed by atoms with Crippen molar-refractivity contribution in [2.24, 2.45) is 0 Å². The number of rotatable bonds is 6. The molecule has 0 aliphatic heterocycles. The van der Waals surface area contributed by atoms with E-state index in [2.05, 4.69) is 5.32 Å². The number of benzene rings is 2. The van der Waals surface area contributed by atoms with Crippen molar-refractivity contribution >= 4 is 5.69 Å². The first kappa shape index (κ1) is 15.3. The van der Waals surface area contributed by atoms with Gasteiger partial charge in [0.2, 0.25) is 0 Å². The fourth-order valence-corrected chi connectivity index (χ4v) is 1.94. The van der Waals surface area contributed by atoms with Gasteiger partial charge in [-0.25, -0.2) is 4.39 Å². The van der Waals surface area contributed by atoms with Crippen LogP contribution >= 0.6 is 0 Å². The van der Waals surface area contributed by atoms with Gasteiger partial charge in [0.1, 0.15) is 24.3 Å². The lowest BCUT2D eigenvalue weighted by molar-refractivity contribution is 0.117. The van der Waals surface area contributed by atoms with Gasteiger partial charge in [-0.05, 0) is 49.2 Å². The largest absolute Gasteiger partial charge is 0.491 e. The van der Waals surface area contributed by atoms with Crippen LogP contribution in [0.2, 0.25) is 0 Å². The molecule has 0 aliphatic rings. The molecule has 2 aromatic rings. The molecule has 0 bridgehead atoms. The van der Waals surface area contributed by atoms with Gasteiger partial charge in [0.05, 0.1) is 0 Å². The van der Waals surface area contributed by atoms with Crippen molar-refractivity contribution in [3.05, 3.63) is 59.4 Å². The Bertz CT molecular complexity index is 601. The Labute approximate surface area is 124 Å². The maximum Gasteiger partial charge on any atom is 0.125 e. The second-order valence-corrected chi connectivity index (χ2v) is 5.13. The monoisotopic (exact) mass is 289 g/mol. The number of aliphatic hydroxyl groups is 1. The van der Waals surface area contributed by atoms with Crippen LogP contribution in [0, 0.1) is 19.7 Å². The van der Waals surface area contributed by atoms with E-state index < -0.39 is 6.10 Å². The minimum atomic E-state index is -0.673. The van der Waals surface area contributed by atoms with Gasteiger partial charge >= 0.3 is 0 Å². The molecule has 0 amide bonds. The molecule has 0 fully saturated rings. The van der Waals surface area contributed by atoms with E-state index in [1.165, 1.54) is 12.1 Å². The van der Waals surface area contributed by atoms with Gasteiger partial charge in [-0.2, -0.15) is 0 Å². The smallest absolute Gasteiger partial charge is 0.125 e. The molecule has 0 spiro atoms. The molecule has 112 valence electrons. The standard InChI is InChI=1S/C17H20FNO2/c1-12-6-7-13(2)17(8-12)21-11-16(20)10-19-15-5-3-4-14(18)9-15/h3-9,16,19-20H,10-11H2,1-2H3. The van der Waals surface area contributed by atoms with Crippen LogP contribution in [0.1, 0.15) is 11.1 Å². The predicted molar refractivity (Wildman–Crippen MR) is 82.3 cm³/mol. The lowest BCUT2D eigenvalue weighted by atomic mass is 10.1. The van der Waals surface area contributed by atoms with E-state index in [-0.39, 0.29) is 12.4 Å². The molecule has 0 heterocycles. The summed E-state index contributed by atoms with van der Waals surface area (Å²) in [5.74, 6) is 0.473. The van der Waals surface area contributed by atoms with Crippen molar-refractivity contribution in [3.8, 4) is 5.75 Å². The molecule has 0 aliphatic carbocycles. The highest BCUT2D eigenvalue weighted by Crippen LogP contribution is 2.19. The topological polar surface area (TPSA) is 41.5 Å². The summed E-state index contributed by atoms with van der Waals surface area (Å²) >= 11 is 0. The molecular formula is C17H20FNO2. The van der Waals surface area contributed by atoms with E-state index in [1.807, 2.05) is 32.0 Å². The predicted octanol–water partition coefficient (Wildman–Crippen LogP) is 3.29. The van der Waals surface area contributed by atoms with E-state index in [0.717, 1.165) is 16.9 Å². The minimum absolute atomic E-state index is 0.187. The van der Waals surface area contributed by atoms with E-state index in [4.69, 9.17) is 4.74 Å². The summed E-state index contributed by atoms with van der Waals surface area (Å²) in [6.07, 6.45) is -0.673. The number of aliphatic hydroxyl groups excluding tert-OH is 1. The molecule has 2 aromatic carbocycles. The quantitative estimate of drug-likeness (QED) is 0.857. The van der Waals surface area contributed by atoms with Crippen LogP contribution in [0.4, 0.5) is 10.1 Å². The Kier molecular flexibility index (Phi) is 5.17. The van der Waals surface area contributed by atoms with Gasteiger partial charge in [0, 0.05) is 12.2 Å². The Morgan fingerprint density at radius 2 is 2.00 bits per heavy atom. The molecule has 0 saturated heterocycles. The summed E-state index contributed by atoms with van der Waals surface area (Å²) in [4.78, 5) is 0. The second-order valence-electron chi connectivity index (χ2n) is 5.13. The fraction of sp³-hybridized carbons (Fsp3) is 0.294. The lowest BCUT2D eigenvalue weighted by Crippen LogP contribution is -2.26. The average molecular weight is 289 g/mol. The number of halogens is 1. The van der Waals surface area contributed by atoms with Crippen LogP contribution in [-0.4, -0.2) is 24.4 Å². The zero-order chi connectivity index (χ0) is 15.2. The SMILES string of the molecule is Cc1ccc(C)c(OCC(O)CNc2cccc(F)c2)c1. The van der Waals surface area contributed by atoms with Gasteiger partial charge in [-0.15, -0.1) is 0 Å². The molecule has 1 atom stereocenters. The molecule has 0 radical (unpaired) electrons. The normalized spacial score (nSPS) is 12.0. The first-order chi connectivity index (χ1) is 10.0. The molecule has 0 saturated carbocycles. The molecule has 2 N–H and O–H groups in total. The van der Waals surface area contributed by atoms with Gasteiger partial charge in [-0.3, -0.25) is 0 Å². The highest BCUT2D eigenvalue weighted by molar-refractivity contribution is 5.43. The van der Waals surface area contributed by atoms with E-state index >= 15 is 0 Å².